The normalized spacial score (nSPS) is 9.95. The van der Waals surface area contributed by atoms with Gasteiger partial charge in [-0.2, -0.15) is 0 Å². The minimum absolute atomic E-state index is 0.109. The second-order valence-electron chi connectivity index (χ2n) is 3.45. The highest BCUT2D eigenvalue weighted by atomic mass is 35.5. The molecule has 0 aliphatic rings. The lowest BCUT2D eigenvalue weighted by atomic mass is 10.3. The van der Waals surface area contributed by atoms with Crippen molar-refractivity contribution in [2.75, 3.05) is 6.61 Å². The molecule has 104 valence electrons. The molecule has 0 aliphatic heterocycles. The van der Waals surface area contributed by atoms with Crippen LogP contribution >= 0.6 is 23.2 Å². The summed E-state index contributed by atoms with van der Waals surface area (Å²) in [5.74, 6) is 0.223. The predicted octanol–water partition coefficient (Wildman–Crippen LogP) is 4.00. The summed E-state index contributed by atoms with van der Waals surface area (Å²) in [6.45, 7) is 6.12. The molecule has 0 aliphatic carbocycles. The summed E-state index contributed by atoms with van der Waals surface area (Å²) in [6, 6.07) is 3.34. The lowest BCUT2D eigenvalue weighted by molar-refractivity contribution is -0.142. The van der Waals surface area contributed by atoms with Crippen LogP contribution in [0.2, 0.25) is 10.0 Å². The summed E-state index contributed by atoms with van der Waals surface area (Å²) >= 11 is 11.8. The fraction of sp³-hybridized carbons (Fsp3) is 0.385. The molecule has 1 aromatic heterocycles. The maximum absolute atomic E-state index is 11.3. The number of ether oxygens (including phenoxy) is 1. The molecule has 0 amide bonds. The van der Waals surface area contributed by atoms with E-state index in [4.69, 9.17) is 27.9 Å². The maximum Gasteiger partial charge on any atom is 0.313 e. The molecule has 1 heterocycles. The molecule has 0 bridgehead atoms. The van der Waals surface area contributed by atoms with Gasteiger partial charge in [-0.25, -0.2) is 4.98 Å². The van der Waals surface area contributed by atoms with Crippen molar-refractivity contribution in [3.05, 3.63) is 28.0 Å². The largest absolute Gasteiger partial charge is 0.466 e. The van der Waals surface area contributed by atoms with Crippen LogP contribution < -0.4 is 0 Å². The summed E-state index contributed by atoms with van der Waals surface area (Å²) in [5, 5.41) is 0.888. The van der Waals surface area contributed by atoms with Crippen LogP contribution in [0, 0.1) is 0 Å². The Kier molecular flexibility index (Phi) is 6.12. The Labute approximate surface area is 122 Å². The zero-order valence-corrected chi connectivity index (χ0v) is 12.6. The number of halogens is 2. The summed E-state index contributed by atoms with van der Waals surface area (Å²) < 4.78 is 4.84. The quantitative estimate of drug-likeness (QED) is 0.872. The van der Waals surface area contributed by atoms with Crippen molar-refractivity contribution in [3.8, 4) is 0 Å². The van der Waals surface area contributed by atoms with Crippen LogP contribution in [0.3, 0.4) is 0 Å². The molecular weight excluding hydrogens is 287 g/mol. The molecule has 0 spiro atoms. The van der Waals surface area contributed by atoms with Gasteiger partial charge in [0.05, 0.1) is 27.7 Å². The molecule has 0 radical (unpaired) electrons. The zero-order valence-electron chi connectivity index (χ0n) is 11.1. The number of hydrogen-bond acceptors (Lipinski definition) is 3. The molecule has 4 nitrogen and oxygen atoms in total. The van der Waals surface area contributed by atoms with Crippen LogP contribution in [-0.2, 0) is 16.0 Å². The van der Waals surface area contributed by atoms with E-state index in [9.17, 15) is 4.79 Å². The molecule has 0 saturated carbocycles. The highest BCUT2D eigenvalue weighted by Crippen LogP contribution is 2.26. The van der Waals surface area contributed by atoms with Gasteiger partial charge in [-0.15, -0.1) is 0 Å². The monoisotopic (exact) mass is 302 g/mol. The van der Waals surface area contributed by atoms with Gasteiger partial charge in [0.1, 0.15) is 12.2 Å². The number of esters is 1. The van der Waals surface area contributed by atoms with Gasteiger partial charge in [-0.05, 0) is 19.1 Å². The van der Waals surface area contributed by atoms with Gasteiger partial charge >= 0.3 is 5.97 Å². The molecule has 2 aromatic rings. The average Bonchev–Trinajstić information content (AvgIpc) is 2.74. The number of aromatic nitrogens is 2. The Balaban J connectivity index is 0.000000861. The van der Waals surface area contributed by atoms with E-state index >= 15 is 0 Å². The lowest BCUT2D eigenvalue weighted by Crippen LogP contribution is -2.08. The van der Waals surface area contributed by atoms with Gasteiger partial charge in [-0.3, -0.25) is 4.79 Å². The van der Waals surface area contributed by atoms with E-state index in [2.05, 4.69) is 9.97 Å². The number of imidazole rings is 1. The lowest BCUT2D eigenvalue weighted by Gasteiger charge is -1.97. The standard InChI is InChI=1S/C11H10Cl2N2O2.C2H6/c1-2-17-11(16)5-10-14-8-3-6(12)7(13)4-9(8)15-10;1-2/h3-4H,2,5H2,1H3,(H,14,15);1-2H3. The van der Waals surface area contributed by atoms with Crippen LogP contribution in [0.15, 0.2) is 12.1 Å². The number of aromatic amines is 1. The van der Waals surface area contributed by atoms with Crippen molar-refractivity contribution in [3.63, 3.8) is 0 Å². The fourth-order valence-electron chi connectivity index (χ4n) is 1.49. The number of rotatable bonds is 3. The summed E-state index contributed by atoms with van der Waals surface area (Å²) in [6.07, 6.45) is 0.109. The van der Waals surface area contributed by atoms with Crippen LogP contribution in [0.1, 0.15) is 26.6 Å². The van der Waals surface area contributed by atoms with Crippen LogP contribution in [0.5, 0.6) is 0 Å². The van der Waals surface area contributed by atoms with Gasteiger partial charge in [0.2, 0.25) is 0 Å². The third-order valence-corrected chi connectivity index (χ3v) is 2.91. The van der Waals surface area contributed by atoms with Crippen LogP contribution in [-0.4, -0.2) is 22.5 Å². The predicted molar refractivity (Wildman–Crippen MR) is 77.8 cm³/mol. The third kappa shape index (κ3) is 4.11. The molecule has 0 atom stereocenters. The molecule has 1 N–H and O–H groups in total. The van der Waals surface area contributed by atoms with Gasteiger partial charge in [-0.1, -0.05) is 37.0 Å². The Morgan fingerprint density at radius 3 is 2.58 bits per heavy atom. The number of hydrogen-bond donors (Lipinski definition) is 1. The number of nitrogens with zero attached hydrogens (tertiary/aromatic N) is 1. The molecule has 0 fully saturated rings. The van der Waals surface area contributed by atoms with E-state index in [0.29, 0.717) is 28.0 Å². The Morgan fingerprint density at radius 2 is 1.95 bits per heavy atom. The van der Waals surface area contributed by atoms with Crippen molar-refractivity contribution in [2.45, 2.75) is 27.2 Å². The first-order valence-electron chi connectivity index (χ1n) is 6.09. The van der Waals surface area contributed by atoms with Crippen molar-refractivity contribution in [1.82, 2.24) is 9.97 Å². The number of nitrogens with one attached hydrogen (secondary N) is 1. The van der Waals surface area contributed by atoms with Gasteiger partial charge < -0.3 is 9.72 Å². The fourth-order valence-corrected chi connectivity index (χ4v) is 1.81. The number of fused-ring (bicyclic) bond motifs is 1. The third-order valence-electron chi connectivity index (χ3n) is 2.19. The van der Waals surface area contributed by atoms with Gasteiger partial charge in [0, 0.05) is 0 Å². The van der Waals surface area contributed by atoms with E-state index in [1.807, 2.05) is 13.8 Å². The topological polar surface area (TPSA) is 55.0 Å². The highest BCUT2D eigenvalue weighted by molar-refractivity contribution is 6.42. The van der Waals surface area contributed by atoms with Crippen molar-refractivity contribution < 1.29 is 9.53 Å². The molecule has 0 saturated heterocycles. The second-order valence-corrected chi connectivity index (χ2v) is 4.26. The molecule has 6 heteroatoms. The van der Waals surface area contributed by atoms with Gasteiger partial charge in [0.25, 0.3) is 0 Å². The number of carbonyl (C=O) groups is 1. The summed E-state index contributed by atoms with van der Waals surface area (Å²) in [4.78, 5) is 18.5. The smallest absolute Gasteiger partial charge is 0.313 e. The summed E-state index contributed by atoms with van der Waals surface area (Å²) in [5.41, 5.74) is 1.43. The van der Waals surface area contributed by atoms with Crippen molar-refractivity contribution in [1.29, 1.82) is 0 Å². The molecule has 1 aromatic carbocycles. The van der Waals surface area contributed by atoms with Gasteiger partial charge in [0.15, 0.2) is 0 Å². The first-order chi connectivity index (χ1) is 9.10. The second kappa shape index (κ2) is 7.36. The van der Waals surface area contributed by atoms with Crippen molar-refractivity contribution in [2.24, 2.45) is 0 Å². The molecule has 0 unspecified atom stereocenters. The van der Waals surface area contributed by atoms with E-state index in [1.54, 1.807) is 19.1 Å². The molecule has 19 heavy (non-hydrogen) atoms. The number of benzene rings is 1. The Bertz CT molecular complexity index is 528. The minimum atomic E-state index is -0.316. The molecular formula is C13H16Cl2N2O2. The van der Waals surface area contributed by atoms with E-state index in [-0.39, 0.29) is 12.4 Å². The summed E-state index contributed by atoms with van der Waals surface area (Å²) in [7, 11) is 0. The van der Waals surface area contributed by atoms with Crippen molar-refractivity contribution >= 4 is 40.2 Å². The number of H-pyrrole nitrogens is 1. The first-order valence-corrected chi connectivity index (χ1v) is 6.85. The van der Waals surface area contributed by atoms with Crippen LogP contribution in [0.4, 0.5) is 0 Å². The SMILES string of the molecule is CC.CCOC(=O)Cc1nc2cc(Cl)c(Cl)cc2[nH]1. The van der Waals surface area contributed by atoms with E-state index in [1.165, 1.54) is 0 Å². The average molecular weight is 303 g/mol. The Morgan fingerprint density at radius 1 is 1.32 bits per heavy atom. The van der Waals surface area contributed by atoms with Crippen LogP contribution in [0.25, 0.3) is 11.0 Å². The number of carbonyl (C=O) groups excluding carboxylic acids is 1. The van der Waals surface area contributed by atoms with E-state index < -0.39 is 0 Å². The Hall–Kier alpha value is -1.26. The maximum atomic E-state index is 11.3. The zero-order chi connectivity index (χ0) is 14.4. The highest BCUT2D eigenvalue weighted by Gasteiger charge is 2.10. The molecule has 2 rings (SSSR count). The first kappa shape index (κ1) is 15.8. The minimum Gasteiger partial charge on any atom is -0.466 e. The van der Waals surface area contributed by atoms with E-state index in [0.717, 1.165) is 5.52 Å².